The van der Waals surface area contributed by atoms with E-state index in [-0.39, 0.29) is 22.2 Å². The number of carbonyl (C=O) groups is 1. The molecule has 120 valence electrons. The third-order valence-corrected chi connectivity index (χ3v) is 3.65. The van der Waals surface area contributed by atoms with Crippen LogP contribution in [0.15, 0.2) is 54.2 Å². The van der Waals surface area contributed by atoms with Crippen molar-refractivity contribution in [3.8, 4) is 0 Å². The van der Waals surface area contributed by atoms with Gasteiger partial charge in [-0.1, -0.05) is 24.3 Å². The Morgan fingerprint density at radius 1 is 1.21 bits per heavy atom. The van der Waals surface area contributed by atoms with Crippen LogP contribution in [0, 0.1) is 15.9 Å². The van der Waals surface area contributed by atoms with Crippen molar-refractivity contribution in [1.82, 2.24) is 5.32 Å². The minimum absolute atomic E-state index is 0.0433. The van der Waals surface area contributed by atoms with Gasteiger partial charge in [-0.15, -0.1) is 0 Å². The number of amides is 1. The van der Waals surface area contributed by atoms with E-state index in [1.807, 2.05) is 0 Å². The van der Waals surface area contributed by atoms with Gasteiger partial charge in [0, 0.05) is 12.1 Å². The second kappa shape index (κ2) is 6.17. The van der Waals surface area contributed by atoms with Gasteiger partial charge < -0.3 is 5.32 Å². The van der Waals surface area contributed by atoms with Crippen LogP contribution in [0.2, 0.25) is 0 Å². The van der Waals surface area contributed by atoms with Crippen LogP contribution in [-0.2, 0) is 4.79 Å². The fourth-order valence-corrected chi connectivity index (χ4v) is 2.57. The van der Waals surface area contributed by atoms with Crippen molar-refractivity contribution >= 4 is 40.7 Å². The minimum atomic E-state index is -0.577. The van der Waals surface area contributed by atoms with Crippen LogP contribution in [0.25, 0.3) is 6.08 Å². The van der Waals surface area contributed by atoms with Crippen molar-refractivity contribution in [2.75, 3.05) is 4.90 Å². The number of nitro benzene ring substituents is 1. The number of rotatable bonds is 3. The Hall–Kier alpha value is -3.13. The highest BCUT2D eigenvalue weighted by atomic mass is 32.1. The molecule has 0 atom stereocenters. The molecule has 1 fully saturated rings. The maximum Gasteiger partial charge on any atom is 0.281 e. The predicted octanol–water partition coefficient (Wildman–Crippen LogP) is 3.00. The molecule has 1 amide bonds. The molecule has 2 aromatic rings. The summed E-state index contributed by atoms with van der Waals surface area (Å²) >= 11 is 5.10. The summed E-state index contributed by atoms with van der Waals surface area (Å²) in [6, 6.07) is 11.6. The Kier molecular flexibility index (Phi) is 4.05. The first-order chi connectivity index (χ1) is 11.5. The highest BCUT2D eigenvalue weighted by molar-refractivity contribution is 7.80. The number of non-ortho nitro benzene ring substituents is 1. The third kappa shape index (κ3) is 2.86. The molecule has 0 saturated carbocycles. The SMILES string of the molecule is O=C1/C(=C/c2cccc([N+](=O)[O-])c2)NC(=S)N1c1ccccc1F. The van der Waals surface area contributed by atoms with Crippen LogP contribution >= 0.6 is 12.2 Å². The number of para-hydroxylation sites is 1. The lowest BCUT2D eigenvalue weighted by atomic mass is 10.1. The maximum absolute atomic E-state index is 13.9. The van der Waals surface area contributed by atoms with Crippen LogP contribution in [0.1, 0.15) is 5.56 Å². The number of benzene rings is 2. The Morgan fingerprint density at radius 3 is 2.67 bits per heavy atom. The lowest BCUT2D eigenvalue weighted by Crippen LogP contribution is -2.31. The van der Waals surface area contributed by atoms with Crippen LogP contribution in [0.3, 0.4) is 0 Å². The average molecular weight is 343 g/mol. The lowest BCUT2D eigenvalue weighted by Gasteiger charge is -2.14. The topological polar surface area (TPSA) is 75.5 Å². The van der Waals surface area contributed by atoms with Gasteiger partial charge in [0.2, 0.25) is 0 Å². The maximum atomic E-state index is 13.9. The molecule has 1 saturated heterocycles. The molecule has 0 aromatic heterocycles. The number of nitrogens with zero attached hydrogens (tertiary/aromatic N) is 2. The van der Waals surface area contributed by atoms with E-state index in [9.17, 15) is 19.3 Å². The van der Waals surface area contributed by atoms with Gasteiger partial charge in [-0.05, 0) is 36.0 Å². The molecular formula is C16H10FN3O3S. The van der Waals surface area contributed by atoms with Gasteiger partial charge in [0.05, 0.1) is 10.6 Å². The van der Waals surface area contributed by atoms with Gasteiger partial charge in [0.15, 0.2) is 5.11 Å². The van der Waals surface area contributed by atoms with Crippen molar-refractivity contribution in [1.29, 1.82) is 0 Å². The molecule has 0 unspecified atom stereocenters. The van der Waals surface area contributed by atoms with Crippen molar-refractivity contribution in [2.24, 2.45) is 0 Å². The van der Waals surface area contributed by atoms with Crippen molar-refractivity contribution in [3.05, 3.63) is 75.7 Å². The Balaban J connectivity index is 1.96. The first-order valence-electron chi connectivity index (χ1n) is 6.83. The van der Waals surface area contributed by atoms with Crippen LogP contribution < -0.4 is 10.2 Å². The Bertz CT molecular complexity index is 898. The smallest absolute Gasteiger partial charge is 0.281 e. The zero-order valence-electron chi connectivity index (χ0n) is 12.1. The van der Waals surface area contributed by atoms with Crippen molar-refractivity contribution < 1.29 is 14.1 Å². The van der Waals surface area contributed by atoms with Gasteiger partial charge in [0.1, 0.15) is 11.5 Å². The molecule has 6 nitrogen and oxygen atoms in total. The molecule has 1 aliphatic rings. The van der Waals surface area contributed by atoms with E-state index in [1.54, 1.807) is 12.1 Å². The molecular weight excluding hydrogens is 333 g/mol. The number of halogens is 1. The molecule has 24 heavy (non-hydrogen) atoms. The zero-order valence-corrected chi connectivity index (χ0v) is 12.9. The summed E-state index contributed by atoms with van der Waals surface area (Å²) in [5.74, 6) is -1.11. The lowest BCUT2D eigenvalue weighted by molar-refractivity contribution is -0.384. The molecule has 0 aliphatic carbocycles. The summed E-state index contributed by atoms with van der Waals surface area (Å²) in [5.41, 5.74) is 0.521. The Morgan fingerprint density at radius 2 is 1.96 bits per heavy atom. The highest BCUT2D eigenvalue weighted by Gasteiger charge is 2.33. The van der Waals surface area contributed by atoms with Crippen molar-refractivity contribution in [2.45, 2.75) is 0 Å². The molecule has 0 radical (unpaired) electrons. The normalized spacial score (nSPS) is 15.7. The molecule has 8 heteroatoms. The van der Waals surface area contributed by atoms with E-state index < -0.39 is 16.6 Å². The first kappa shape index (κ1) is 15.8. The molecule has 1 N–H and O–H groups in total. The summed E-state index contributed by atoms with van der Waals surface area (Å²) < 4.78 is 13.9. The van der Waals surface area contributed by atoms with E-state index in [2.05, 4.69) is 5.32 Å². The number of anilines is 1. The van der Waals surface area contributed by atoms with Crippen LogP contribution in [0.4, 0.5) is 15.8 Å². The van der Waals surface area contributed by atoms with E-state index in [1.165, 1.54) is 42.5 Å². The zero-order chi connectivity index (χ0) is 17.3. The van der Waals surface area contributed by atoms with Gasteiger partial charge in [-0.25, -0.2) is 9.29 Å². The number of hydrogen-bond acceptors (Lipinski definition) is 4. The molecule has 0 spiro atoms. The number of nitrogens with one attached hydrogen (secondary N) is 1. The number of carbonyl (C=O) groups excluding carboxylic acids is 1. The average Bonchev–Trinajstić information content (AvgIpc) is 2.82. The predicted molar refractivity (Wildman–Crippen MR) is 90.7 cm³/mol. The van der Waals surface area contributed by atoms with Gasteiger partial charge >= 0.3 is 0 Å². The van der Waals surface area contributed by atoms with Crippen LogP contribution in [-0.4, -0.2) is 15.9 Å². The second-order valence-electron chi connectivity index (χ2n) is 4.93. The second-order valence-corrected chi connectivity index (χ2v) is 5.32. The minimum Gasteiger partial charge on any atom is -0.327 e. The standard InChI is InChI=1S/C16H10FN3O3S/c17-12-6-1-2-7-14(12)19-15(21)13(18-16(19)24)9-10-4-3-5-11(8-10)20(22)23/h1-9H,(H,18,24)/b13-9-. The summed E-state index contributed by atoms with van der Waals surface area (Å²) in [7, 11) is 0. The largest absolute Gasteiger partial charge is 0.327 e. The fourth-order valence-electron chi connectivity index (χ4n) is 2.28. The highest BCUT2D eigenvalue weighted by Crippen LogP contribution is 2.25. The summed E-state index contributed by atoms with van der Waals surface area (Å²) in [5, 5.41) is 13.6. The number of hydrogen-bond donors (Lipinski definition) is 1. The van der Waals surface area contributed by atoms with Gasteiger partial charge in [0.25, 0.3) is 11.6 Å². The van der Waals surface area contributed by atoms with E-state index >= 15 is 0 Å². The van der Waals surface area contributed by atoms with Crippen molar-refractivity contribution in [3.63, 3.8) is 0 Å². The van der Waals surface area contributed by atoms with Crippen LogP contribution in [0.5, 0.6) is 0 Å². The molecule has 3 rings (SSSR count). The molecule has 1 aliphatic heterocycles. The molecule has 0 bridgehead atoms. The molecule has 1 heterocycles. The van der Waals surface area contributed by atoms with E-state index in [0.29, 0.717) is 5.56 Å². The summed E-state index contributed by atoms with van der Waals surface area (Å²) in [6.45, 7) is 0. The Labute approximate surface area is 141 Å². The van der Waals surface area contributed by atoms with Gasteiger partial charge in [-0.2, -0.15) is 0 Å². The first-order valence-corrected chi connectivity index (χ1v) is 7.24. The number of nitro groups is 1. The summed E-state index contributed by atoms with van der Waals surface area (Å²) in [6.07, 6.45) is 1.43. The van der Waals surface area contributed by atoms with Gasteiger partial charge in [-0.3, -0.25) is 14.9 Å². The monoisotopic (exact) mass is 343 g/mol. The number of thiocarbonyl (C=S) groups is 1. The molecule has 2 aromatic carbocycles. The third-order valence-electron chi connectivity index (χ3n) is 3.36. The quantitative estimate of drug-likeness (QED) is 0.401. The summed E-state index contributed by atoms with van der Waals surface area (Å²) in [4.78, 5) is 23.8. The van der Waals surface area contributed by atoms with E-state index in [0.717, 1.165) is 4.90 Å². The fraction of sp³-hybridized carbons (Fsp3) is 0. The van der Waals surface area contributed by atoms with E-state index in [4.69, 9.17) is 12.2 Å².